The highest BCUT2D eigenvalue weighted by Crippen LogP contribution is 2.26. The maximum absolute atomic E-state index is 5.97. The first-order valence-electron chi connectivity index (χ1n) is 6.71. The van der Waals surface area contributed by atoms with Crippen LogP contribution in [0.2, 0.25) is 5.02 Å². The summed E-state index contributed by atoms with van der Waals surface area (Å²) in [6, 6.07) is 27.1. The molecule has 0 unspecified atom stereocenters. The fraction of sp³-hybridized carbons (Fsp3) is 0.0526. The molecule has 0 aromatic heterocycles. The molecular weight excluding hydrogens is 264 g/mol. The molecule has 98 valence electrons. The summed E-state index contributed by atoms with van der Waals surface area (Å²) in [5.41, 5.74) is 5.14. The summed E-state index contributed by atoms with van der Waals surface area (Å²) in [7, 11) is 0. The molecule has 0 aliphatic heterocycles. The SMILES string of the molecule is Clc1ccc(-c2ccccc2Cc2ccccc2)cc1. The van der Waals surface area contributed by atoms with Gasteiger partial charge in [-0.1, -0.05) is 78.3 Å². The van der Waals surface area contributed by atoms with Gasteiger partial charge in [0.25, 0.3) is 0 Å². The lowest BCUT2D eigenvalue weighted by Crippen LogP contribution is -1.91. The van der Waals surface area contributed by atoms with E-state index in [1.165, 1.54) is 22.3 Å². The summed E-state index contributed by atoms with van der Waals surface area (Å²) < 4.78 is 0. The molecule has 0 spiro atoms. The molecule has 3 aromatic rings. The van der Waals surface area contributed by atoms with E-state index in [1.54, 1.807) is 0 Å². The summed E-state index contributed by atoms with van der Waals surface area (Å²) in [5.74, 6) is 0. The molecule has 0 fully saturated rings. The zero-order valence-electron chi connectivity index (χ0n) is 11.1. The van der Waals surface area contributed by atoms with Crippen molar-refractivity contribution < 1.29 is 0 Å². The lowest BCUT2D eigenvalue weighted by atomic mass is 9.95. The van der Waals surface area contributed by atoms with E-state index in [-0.39, 0.29) is 0 Å². The monoisotopic (exact) mass is 278 g/mol. The number of rotatable bonds is 3. The maximum Gasteiger partial charge on any atom is 0.0406 e. The summed E-state index contributed by atoms with van der Waals surface area (Å²) in [5, 5.41) is 0.772. The normalized spacial score (nSPS) is 10.4. The first-order valence-corrected chi connectivity index (χ1v) is 7.08. The third-order valence-electron chi connectivity index (χ3n) is 3.41. The lowest BCUT2D eigenvalue weighted by Gasteiger charge is -2.10. The van der Waals surface area contributed by atoms with Gasteiger partial charge in [0.05, 0.1) is 0 Å². The Morgan fingerprint density at radius 3 is 2.05 bits per heavy atom. The summed E-state index contributed by atoms with van der Waals surface area (Å²) in [6.45, 7) is 0. The van der Waals surface area contributed by atoms with E-state index < -0.39 is 0 Å². The van der Waals surface area contributed by atoms with E-state index in [1.807, 2.05) is 12.1 Å². The minimum Gasteiger partial charge on any atom is -0.0843 e. The molecule has 0 N–H and O–H groups in total. The van der Waals surface area contributed by atoms with E-state index in [9.17, 15) is 0 Å². The molecule has 1 heteroatoms. The molecule has 0 radical (unpaired) electrons. The van der Waals surface area contributed by atoms with Gasteiger partial charge in [-0.2, -0.15) is 0 Å². The third-order valence-corrected chi connectivity index (χ3v) is 3.66. The van der Waals surface area contributed by atoms with Gasteiger partial charge < -0.3 is 0 Å². The molecule has 3 aromatic carbocycles. The van der Waals surface area contributed by atoms with Crippen LogP contribution in [0.4, 0.5) is 0 Å². The van der Waals surface area contributed by atoms with Gasteiger partial charge in [-0.05, 0) is 40.8 Å². The van der Waals surface area contributed by atoms with Crippen LogP contribution in [0.1, 0.15) is 11.1 Å². The molecule has 0 heterocycles. The van der Waals surface area contributed by atoms with E-state index in [2.05, 4.69) is 66.7 Å². The van der Waals surface area contributed by atoms with Crippen molar-refractivity contribution in [1.29, 1.82) is 0 Å². The Labute approximate surface area is 124 Å². The maximum atomic E-state index is 5.97. The zero-order valence-corrected chi connectivity index (χ0v) is 11.8. The van der Waals surface area contributed by atoms with Crippen LogP contribution in [-0.2, 0) is 6.42 Å². The Hall–Kier alpha value is -2.05. The fourth-order valence-electron chi connectivity index (χ4n) is 2.40. The standard InChI is InChI=1S/C19H15Cl/c20-18-12-10-16(11-13-18)19-9-5-4-8-17(19)14-15-6-2-1-3-7-15/h1-13H,14H2. The highest BCUT2D eigenvalue weighted by atomic mass is 35.5. The first kappa shape index (κ1) is 13.0. The van der Waals surface area contributed by atoms with Gasteiger partial charge in [-0.15, -0.1) is 0 Å². The molecule has 0 bridgehead atoms. The quantitative estimate of drug-likeness (QED) is 0.585. The van der Waals surface area contributed by atoms with E-state index >= 15 is 0 Å². The topological polar surface area (TPSA) is 0 Å². The molecule has 0 aliphatic rings. The average Bonchev–Trinajstić information content (AvgIpc) is 2.50. The van der Waals surface area contributed by atoms with Gasteiger partial charge in [-0.25, -0.2) is 0 Å². The van der Waals surface area contributed by atoms with Crippen LogP contribution in [0.15, 0.2) is 78.9 Å². The highest BCUT2D eigenvalue weighted by Gasteiger charge is 2.05. The second-order valence-electron chi connectivity index (χ2n) is 4.83. The van der Waals surface area contributed by atoms with E-state index in [0.717, 1.165) is 11.4 Å². The Kier molecular flexibility index (Phi) is 3.85. The Morgan fingerprint density at radius 2 is 1.30 bits per heavy atom. The summed E-state index contributed by atoms with van der Waals surface area (Å²) in [4.78, 5) is 0. The van der Waals surface area contributed by atoms with Gasteiger partial charge in [0.2, 0.25) is 0 Å². The number of hydrogen-bond donors (Lipinski definition) is 0. The minimum atomic E-state index is 0.772. The first-order chi connectivity index (χ1) is 9.83. The van der Waals surface area contributed by atoms with Crippen LogP contribution >= 0.6 is 11.6 Å². The predicted molar refractivity (Wildman–Crippen MR) is 86.1 cm³/mol. The van der Waals surface area contributed by atoms with Crippen LogP contribution in [0.3, 0.4) is 0 Å². The van der Waals surface area contributed by atoms with E-state index in [0.29, 0.717) is 0 Å². The van der Waals surface area contributed by atoms with Crippen molar-refractivity contribution in [2.45, 2.75) is 6.42 Å². The largest absolute Gasteiger partial charge is 0.0843 e. The van der Waals surface area contributed by atoms with E-state index in [4.69, 9.17) is 11.6 Å². The zero-order chi connectivity index (χ0) is 13.8. The van der Waals surface area contributed by atoms with Crippen molar-refractivity contribution in [1.82, 2.24) is 0 Å². The van der Waals surface area contributed by atoms with Crippen LogP contribution < -0.4 is 0 Å². The third kappa shape index (κ3) is 2.92. The van der Waals surface area contributed by atoms with Gasteiger partial charge in [0, 0.05) is 5.02 Å². The Balaban J connectivity index is 1.98. The molecule has 0 aliphatic carbocycles. The molecule has 0 atom stereocenters. The summed E-state index contributed by atoms with van der Waals surface area (Å²) >= 11 is 5.97. The number of benzene rings is 3. The Bertz CT molecular complexity index is 684. The second-order valence-corrected chi connectivity index (χ2v) is 5.26. The molecule has 3 rings (SSSR count). The minimum absolute atomic E-state index is 0.772. The average molecular weight is 279 g/mol. The van der Waals surface area contributed by atoms with Crippen molar-refractivity contribution in [3.8, 4) is 11.1 Å². The molecule has 20 heavy (non-hydrogen) atoms. The van der Waals surface area contributed by atoms with Gasteiger partial charge in [0.1, 0.15) is 0 Å². The molecule has 0 amide bonds. The van der Waals surface area contributed by atoms with Crippen LogP contribution in [0.5, 0.6) is 0 Å². The van der Waals surface area contributed by atoms with Gasteiger partial charge in [0.15, 0.2) is 0 Å². The molecule has 0 nitrogen and oxygen atoms in total. The number of halogens is 1. The van der Waals surface area contributed by atoms with Gasteiger partial charge in [-0.3, -0.25) is 0 Å². The van der Waals surface area contributed by atoms with Crippen LogP contribution in [-0.4, -0.2) is 0 Å². The Morgan fingerprint density at radius 1 is 0.650 bits per heavy atom. The number of hydrogen-bond acceptors (Lipinski definition) is 0. The predicted octanol–water partition coefficient (Wildman–Crippen LogP) is 5.60. The van der Waals surface area contributed by atoms with Crippen molar-refractivity contribution in [3.63, 3.8) is 0 Å². The fourth-order valence-corrected chi connectivity index (χ4v) is 2.53. The lowest BCUT2D eigenvalue weighted by molar-refractivity contribution is 1.19. The second kappa shape index (κ2) is 5.94. The van der Waals surface area contributed by atoms with Gasteiger partial charge >= 0.3 is 0 Å². The van der Waals surface area contributed by atoms with Crippen LogP contribution in [0, 0.1) is 0 Å². The van der Waals surface area contributed by atoms with Crippen molar-refractivity contribution in [2.24, 2.45) is 0 Å². The van der Waals surface area contributed by atoms with Crippen molar-refractivity contribution >= 4 is 11.6 Å². The van der Waals surface area contributed by atoms with Crippen LogP contribution in [0.25, 0.3) is 11.1 Å². The molecule has 0 saturated carbocycles. The molecular formula is C19H15Cl. The summed E-state index contributed by atoms with van der Waals surface area (Å²) in [6.07, 6.45) is 0.944. The van der Waals surface area contributed by atoms with Crippen molar-refractivity contribution in [2.75, 3.05) is 0 Å². The highest BCUT2D eigenvalue weighted by molar-refractivity contribution is 6.30. The molecule has 0 saturated heterocycles. The van der Waals surface area contributed by atoms with Crippen molar-refractivity contribution in [3.05, 3.63) is 95.0 Å². The smallest absolute Gasteiger partial charge is 0.0406 e.